The third kappa shape index (κ3) is 3.27. The van der Waals surface area contributed by atoms with Crippen molar-refractivity contribution in [1.82, 2.24) is 4.98 Å². The molecule has 0 aliphatic rings. The molecule has 0 bridgehead atoms. The Labute approximate surface area is 125 Å². The summed E-state index contributed by atoms with van der Waals surface area (Å²) in [5.41, 5.74) is 0.817. The number of benzene rings is 1. The summed E-state index contributed by atoms with van der Waals surface area (Å²) >= 11 is 1.02. The van der Waals surface area contributed by atoms with E-state index < -0.39 is 15.8 Å². The van der Waals surface area contributed by atoms with Crippen LogP contribution in [0, 0.1) is 19.7 Å². The first-order valence-electron chi connectivity index (χ1n) is 5.97. The number of carbonyl (C=O) groups is 1. The predicted molar refractivity (Wildman–Crippen MR) is 78.8 cm³/mol. The van der Waals surface area contributed by atoms with Gasteiger partial charge in [-0.2, -0.15) is 0 Å². The number of carbonyl (C=O) groups excluding carboxylic acids is 1. The summed E-state index contributed by atoms with van der Waals surface area (Å²) in [4.78, 5) is 15.1. The van der Waals surface area contributed by atoms with Gasteiger partial charge in [0.25, 0.3) is 10.0 Å². The van der Waals surface area contributed by atoms with Gasteiger partial charge in [-0.15, -0.1) is 11.3 Å². The maximum atomic E-state index is 13.3. The Morgan fingerprint density at radius 3 is 2.33 bits per heavy atom. The van der Waals surface area contributed by atoms with Gasteiger partial charge in [0.15, 0.2) is 10.9 Å². The van der Waals surface area contributed by atoms with Crippen LogP contribution in [0.3, 0.4) is 0 Å². The molecule has 5 nitrogen and oxygen atoms in total. The number of nitrogens with one attached hydrogen (secondary N) is 1. The number of hydrogen-bond acceptors (Lipinski definition) is 5. The number of aryl methyl sites for hydroxylation is 2. The van der Waals surface area contributed by atoms with Gasteiger partial charge >= 0.3 is 0 Å². The van der Waals surface area contributed by atoms with Crippen molar-refractivity contribution >= 4 is 32.3 Å². The van der Waals surface area contributed by atoms with E-state index in [1.165, 1.54) is 26.2 Å². The Morgan fingerprint density at radius 1 is 1.29 bits per heavy atom. The van der Waals surface area contributed by atoms with Crippen LogP contribution in [0.15, 0.2) is 22.4 Å². The Hall–Kier alpha value is -1.80. The average Bonchev–Trinajstić information content (AvgIpc) is 2.74. The van der Waals surface area contributed by atoms with E-state index in [0.29, 0.717) is 11.1 Å². The first-order valence-corrected chi connectivity index (χ1v) is 8.33. The molecule has 0 aliphatic heterocycles. The molecule has 0 amide bonds. The zero-order chi connectivity index (χ0) is 15.8. The third-order valence-electron chi connectivity index (χ3n) is 2.78. The lowest BCUT2D eigenvalue weighted by atomic mass is 10.1. The van der Waals surface area contributed by atoms with Crippen molar-refractivity contribution < 1.29 is 17.6 Å². The van der Waals surface area contributed by atoms with Gasteiger partial charge in [0, 0.05) is 12.3 Å². The molecule has 1 aromatic heterocycles. The zero-order valence-corrected chi connectivity index (χ0v) is 13.2. The Morgan fingerprint density at radius 2 is 1.86 bits per heavy atom. The van der Waals surface area contributed by atoms with Crippen molar-refractivity contribution in [2.24, 2.45) is 0 Å². The summed E-state index contributed by atoms with van der Waals surface area (Å²) in [7, 11) is -3.88. The molecule has 8 heteroatoms. The fourth-order valence-corrected chi connectivity index (χ4v) is 4.43. The van der Waals surface area contributed by atoms with Gasteiger partial charge in [-0.05, 0) is 37.1 Å². The van der Waals surface area contributed by atoms with E-state index in [4.69, 9.17) is 0 Å². The van der Waals surface area contributed by atoms with Crippen LogP contribution < -0.4 is 4.72 Å². The smallest absolute Gasteiger partial charge is 0.264 e. The number of thiazole rings is 1. The quantitative estimate of drug-likeness (QED) is 0.876. The van der Waals surface area contributed by atoms with Gasteiger partial charge in [-0.25, -0.2) is 17.8 Å². The lowest BCUT2D eigenvalue weighted by Crippen LogP contribution is -2.16. The summed E-state index contributed by atoms with van der Waals surface area (Å²) in [6, 6.07) is 2.31. The first-order chi connectivity index (χ1) is 9.70. The van der Waals surface area contributed by atoms with Crippen LogP contribution in [0.5, 0.6) is 0 Å². The standard InChI is InChI=1S/C13H13FN2O3S2/c1-7-4-10(14)5-8(2)12(7)21(18,19)16-13-15-11(6-20-13)9(3)17/h4-6H,1-3H3,(H,15,16). The van der Waals surface area contributed by atoms with Crippen molar-refractivity contribution in [1.29, 1.82) is 0 Å². The van der Waals surface area contributed by atoms with E-state index in [9.17, 15) is 17.6 Å². The molecule has 1 aromatic carbocycles. The summed E-state index contributed by atoms with van der Waals surface area (Å²) in [5, 5.41) is 1.58. The molecule has 0 unspecified atom stereocenters. The van der Waals surface area contributed by atoms with Crippen LogP contribution >= 0.6 is 11.3 Å². The largest absolute Gasteiger partial charge is 0.293 e. The van der Waals surface area contributed by atoms with Gasteiger partial charge in [0.1, 0.15) is 11.5 Å². The molecule has 0 radical (unpaired) electrons. The predicted octanol–water partition coefficient (Wildman–Crippen LogP) is 2.90. The highest BCUT2D eigenvalue weighted by Gasteiger charge is 2.22. The second-order valence-electron chi connectivity index (χ2n) is 4.57. The fourth-order valence-electron chi connectivity index (χ4n) is 1.97. The number of ketones is 1. The van der Waals surface area contributed by atoms with Gasteiger partial charge in [0.05, 0.1) is 4.90 Å². The Kier molecular flexibility index (Phi) is 4.11. The minimum Gasteiger partial charge on any atom is -0.293 e. The van der Waals surface area contributed by atoms with Crippen LogP contribution in [0.1, 0.15) is 28.5 Å². The number of anilines is 1. The van der Waals surface area contributed by atoms with Crippen molar-refractivity contribution in [3.8, 4) is 0 Å². The van der Waals surface area contributed by atoms with Crippen molar-refractivity contribution in [2.75, 3.05) is 4.72 Å². The maximum Gasteiger partial charge on any atom is 0.264 e. The highest BCUT2D eigenvalue weighted by molar-refractivity contribution is 7.93. The molecule has 0 saturated carbocycles. The van der Waals surface area contributed by atoms with Crippen LogP contribution in [0.4, 0.5) is 9.52 Å². The molecular formula is C13H13FN2O3S2. The second kappa shape index (κ2) is 5.53. The molecule has 21 heavy (non-hydrogen) atoms. The number of sulfonamides is 1. The molecule has 2 aromatic rings. The number of nitrogens with zero attached hydrogens (tertiary/aromatic N) is 1. The van der Waals surface area contributed by atoms with Crippen LogP contribution in [0.2, 0.25) is 0 Å². The first kappa shape index (κ1) is 15.6. The molecule has 112 valence electrons. The minimum absolute atomic E-state index is 0.0171. The van der Waals surface area contributed by atoms with E-state index in [1.807, 2.05) is 0 Å². The monoisotopic (exact) mass is 328 g/mol. The van der Waals surface area contributed by atoms with E-state index in [-0.39, 0.29) is 21.5 Å². The number of rotatable bonds is 4. The number of halogens is 1. The summed E-state index contributed by atoms with van der Waals surface area (Å²) in [5.74, 6) is -0.733. The molecule has 0 aliphatic carbocycles. The van der Waals surface area contributed by atoms with Crippen molar-refractivity contribution in [2.45, 2.75) is 25.7 Å². The summed E-state index contributed by atoms with van der Waals surface area (Å²) < 4.78 is 40.3. The molecule has 0 spiro atoms. The average molecular weight is 328 g/mol. The van der Waals surface area contributed by atoms with Gasteiger partial charge < -0.3 is 0 Å². The second-order valence-corrected chi connectivity index (χ2v) is 7.05. The Bertz CT molecular complexity index is 790. The number of aromatic nitrogens is 1. The number of hydrogen-bond donors (Lipinski definition) is 1. The lowest BCUT2D eigenvalue weighted by molar-refractivity contribution is 0.101. The summed E-state index contributed by atoms with van der Waals surface area (Å²) in [6.07, 6.45) is 0. The van der Waals surface area contributed by atoms with Gasteiger partial charge in [-0.3, -0.25) is 9.52 Å². The van der Waals surface area contributed by atoms with E-state index in [0.717, 1.165) is 23.5 Å². The molecule has 1 N–H and O–H groups in total. The van der Waals surface area contributed by atoms with E-state index >= 15 is 0 Å². The van der Waals surface area contributed by atoms with E-state index in [1.54, 1.807) is 0 Å². The molecule has 0 fully saturated rings. The maximum absolute atomic E-state index is 13.3. The number of Topliss-reactive ketones (excluding diaryl/α,β-unsaturated/α-hetero) is 1. The van der Waals surface area contributed by atoms with E-state index in [2.05, 4.69) is 9.71 Å². The highest BCUT2D eigenvalue weighted by Crippen LogP contribution is 2.25. The normalized spacial score (nSPS) is 11.4. The highest BCUT2D eigenvalue weighted by atomic mass is 32.2. The SMILES string of the molecule is CC(=O)c1csc(NS(=O)(=O)c2c(C)cc(F)cc2C)n1. The molecule has 0 atom stereocenters. The molecule has 0 saturated heterocycles. The Balaban J connectivity index is 2.41. The fraction of sp³-hybridized carbons (Fsp3) is 0.231. The van der Waals surface area contributed by atoms with Gasteiger partial charge in [-0.1, -0.05) is 0 Å². The van der Waals surface area contributed by atoms with Gasteiger partial charge in [0.2, 0.25) is 0 Å². The van der Waals surface area contributed by atoms with Crippen molar-refractivity contribution in [3.05, 3.63) is 40.2 Å². The summed E-state index contributed by atoms with van der Waals surface area (Å²) in [6.45, 7) is 4.39. The topological polar surface area (TPSA) is 76.1 Å². The van der Waals surface area contributed by atoms with Crippen molar-refractivity contribution in [3.63, 3.8) is 0 Å². The molecular weight excluding hydrogens is 315 g/mol. The molecule has 2 rings (SSSR count). The van der Waals surface area contributed by atoms with Crippen LogP contribution in [0.25, 0.3) is 0 Å². The zero-order valence-electron chi connectivity index (χ0n) is 11.6. The lowest BCUT2D eigenvalue weighted by Gasteiger charge is -2.11. The minimum atomic E-state index is -3.88. The van der Waals surface area contributed by atoms with Crippen LogP contribution in [-0.4, -0.2) is 19.2 Å². The third-order valence-corrected chi connectivity index (χ3v) is 5.31. The molecule has 1 heterocycles. The van der Waals surface area contributed by atoms with Crippen LogP contribution in [-0.2, 0) is 10.0 Å².